The fourth-order valence-corrected chi connectivity index (χ4v) is 4.01. The molecule has 1 atom stereocenters. The maximum Gasteiger partial charge on any atom is 0.325 e. The zero-order valence-electron chi connectivity index (χ0n) is 15.7. The van der Waals surface area contributed by atoms with Crippen LogP contribution in [0.25, 0.3) is 0 Å². The first kappa shape index (κ1) is 19.5. The normalized spacial score (nSPS) is 20.1. The molecule has 0 unspecified atom stereocenters. The minimum absolute atomic E-state index is 0.403. The van der Waals surface area contributed by atoms with Crippen LogP contribution in [0.2, 0.25) is 0 Å². The molecule has 2 aliphatic rings. The van der Waals surface area contributed by atoms with E-state index in [1.165, 1.54) is 0 Å². The average Bonchev–Trinajstić information content (AvgIpc) is 2.94. The third kappa shape index (κ3) is 3.15. The lowest BCUT2D eigenvalue weighted by Crippen LogP contribution is -2.47. The van der Waals surface area contributed by atoms with Crippen molar-refractivity contribution in [3.63, 3.8) is 0 Å². The molecule has 1 aliphatic heterocycles. The highest BCUT2D eigenvalue weighted by molar-refractivity contribution is 6.10. The number of nitro groups is 1. The molecule has 4 amide bonds. The number of hydrogen-bond donors (Lipinski definition) is 2. The van der Waals surface area contributed by atoms with Gasteiger partial charge in [-0.15, -0.1) is 0 Å². The van der Waals surface area contributed by atoms with Gasteiger partial charge in [-0.05, 0) is 36.5 Å². The van der Waals surface area contributed by atoms with Crippen LogP contribution in [0.3, 0.4) is 0 Å². The van der Waals surface area contributed by atoms with Crippen molar-refractivity contribution in [3.8, 4) is 0 Å². The number of fused-ring (bicyclic) bond motifs is 2. The molecule has 1 fully saturated rings. The van der Waals surface area contributed by atoms with Crippen molar-refractivity contribution in [2.75, 3.05) is 11.9 Å². The number of rotatable bonds is 4. The first-order valence-electron chi connectivity index (χ1n) is 9.28. The summed E-state index contributed by atoms with van der Waals surface area (Å²) in [7, 11) is 0. The highest BCUT2D eigenvalue weighted by Crippen LogP contribution is 2.39. The summed E-state index contributed by atoms with van der Waals surface area (Å²) in [6, 6.07) is 9.31. The van der Waals surface area contributed by atoms with Gasteiger partial charge in [-0.3, -0.25) is 24.6 Å². The van der Waals surface area contributed by atoms with Gasteiger partial charge in [0.1, 0.15) is 17.9 Å². The number of non-ortho nitro benzene ring substituents is 1. The minimum Gasteiger partial charge on any atom is -0.322 e. The second kappa shape index (κ2) is 7.21. The Balaban J connectivity index is 1.55. The number of carbonyl (C=O) groups excluding carboxylic acids is 3. The molecule has 1 aliphatic carbocycles. The number of hydrogen-bond acceptors (Lipinski definition) is 5. The van der Waals surface area contributed by atoms with E-state index < -0.39 is 52.0 Å². The molecule has 0 radical (unpaired) electrons. The minimum atomic E-state index is -1.22. The van der Waals surface area contributed by atoms with Gasteiger partial charge >= 0.3 is 6.03 Å². The first-order chi connectivity index (χ1) is 14.3. The molecule has 1 saturated heterocycles. The van der Waals surface area contributed by atoms with E-state index in [9.17, 15) is 28.9 Å². The number of imide groups is 1. The Kier molecular flexibility index (Phi) is 4.69. The van der Waals surface area contributed by atoms with Gasteiger partial charge in [-0.1, -0.05) is 24.3 Å². The smallest absolute Gasteiger partial charge is 0.322 e. The molecule has 10 heteroatoms. The summed E-state index contributed by atoms with van der Waals surface area (Å²) in [6.07, 6.45) is 1.89. The van der Waals surface area contributed by atoms with Crippen molar-refractivity contribution < 1.29 is 23.7 Å². The third-order valence-corrected chi connectivity index (χ3v) is 5.39. The second-order valence-electron chi connectivity index (χ2n) is 7.21. The molecule has 1 heterocycles. The lowest BCUT2D eigenvalue weighted by molar-refractivity contribution is -0.384. The highest BCUT2D eigenvalue weighted by Gasteiger charge is 2.54. The van der Waals surface area contributed by atoms with Crippen LogP contribution >= 0.6 is 0 Å². The summed E-state index contributed by atoms with van der Waals surface area (Å²) >= 11 is 0. The van der Waals surface area contributed by atoms with E-state index in [0.717, 1.165) is 35.1 Å². The molecular formula is C20H17FN4O5. The molecule has 2 aromatic rings. The van der Waals surface area contributed by atoms with Gasteiger partial charge in [0.05, 0.1) is 10.6 Å². The average molecular weight is 412 g/mol. The van der Waals surface area contributed by atoms with Crippen LogP contribution in [0.5, 0.6) is 0 Å². The fraction of sp³-hybridized carbons (Fsp3) is 0.250. The fourth-order valence-electron chi connectivity index (χ4n) is 4.01. The molecule has 0 bridgehead atoms. The van der Waals surface area contributed by atoms with Crippen LogP contribution in [-0.4, -0.2) is 34.2 Å². The van der Waals surface area contributed by atoms with Crippen molar-refractivity contribution in [1.82, 2.24) is 10.2 Å². The molecule has 2 N–H and O–H groups in total. The van der Waals surface area contributed by atoms with Gasteiger partial charge in [-0.25, -0.2) is 9.18 Å². The number of urea groups is 1. The van der Waals surface area contributed by atoms with Crippen LogP contribution in [0.4, 0.5) is 20.6 Å². The van der Waals surface area contributed by atoms with E-state index >= 15 is 0 Å². The van der Waals surface area contributed by atoms with Crippen molar-refractivity contribution in [1.29, 1.82) is 0 Å². The van der Waals surface area contributed by atoms with Crippen LogP contribution in [0.15, 0.2) is 42.5 Å². The molecule has 30 heavy (non-hydrogen) atoms. The number of anilines is 1. The monoisotopic (exact) mass is 412 g/mol. The number of aryl methyl sites for hydroxylation is 1. The molecule has 2 aromatic carbocycles. The van der Waals surface area contributed by atoms with Gasteiger partial charge in [0.25, 0.3) is 11.6 Å². The number of nitrogens with one attached hydrogen (secondary N) is 2. The van der Waals surface area contributed by atoms with Crippen molar-refractivity contribution in [2.24, 2.45) is 0 Å². The Morgan fingerprint density at radius 1 is 1.27 bits per heavy atom. The summed E-state index contributed by atoms with van der Waals surface area (Å²) in [5.74, 6) is -2.27. The standard InChI is InChI=1S/C20H17FN4O5/c21-15-8-7-13(25(29)30)10-16(15)22-17(26)11-24-18(27)20(23-19(24)28)9-3-5-12-4-1-2-6-14(12)20/h1-2,4,6-8,10H,3,5,9,11H2,(H,22,26)(H,23,28)/t20-/m1/s1. The number of nitrogens with zero attached hydrogens (tertiary/aromatic N) is 2. The highest BCUT2D eigenvalue weighted by atomic mass is 19.1. The summed E-state index contributed by atoms with van der Waals surface area (Å²) in [6.45, 7) is -0.642. The predicted molar refractivity (Wildman–Crippen MR) is 103 cm³/mol. The molecule has 0 saturated carbocycles. The maximum atomic E-state index is 13.9. The van der Waals surface area contributed by atoms with Gasteiger partial charge < -0.3 is 10.6 Å². The Labute approximate surface area is 170 Å². The number of amides is 4. The quantitative estimate of drug-likeness (QED) is 0.454. The zero-order valence-corrected chi connectivity index (χ0v) is 15.7. The molecular weight excluding hydrogens is 395 g/mol. The van der Waals surface area contributed by atoms with Crippen LogP contribution in [-0.2, 0) is 21.5 Å². The van der Waals surface area contributed by atoms with E-state index in [0.29, 0.717) is 18.4 Å². The molecule has 4 rings (SSSR count). The van der Waals surface area contributed by atoms with E-state index in [2.05, 4.69) is 10.6 Å². The van der Waals surface area contributed by atoms with Crippen molar-refractivity contribution >= 4 is 29.2 Å². The summed E-state index contributed by atoms with van der Waals surface area (Å²) in [4.78, 5) is 49.0. The topological polar surface area (TPSA) is 122 Å². The van der Waals surface area contributed by atoms with Crippen LogP contribution in [0, 0.1) is 15.9 Å². The van der Waals surface area contributed by atoms with E-state index in [4.69, 9.17) is 0 Å². The molecule has 154 valence electrons. The van der Waals surface area contributed by atoms with Gasteiger partial charge in [0.2, 0.25) is 5.91 Å². The first-order valence-corrected chi connectivity index (χ1v) is 9.28. The summed E-state index contributed by atoms with van der Waals surface area (Å²) < 4.78 is 13.9. The molecule has 0 aromatic heterocycles. The maximum absolute atomic E-state index is 13.9. The Bertz CT molecular complexity index is 1090. The van der Waals surface area contributed by atoms with Crippen LogP contribution < -0.4 is 10.6 Å². The van der Waals surface area contributed by atoms with E-state index in [-0.39, 0.29) is 0 Å². The largest absolute Gasteiger partial charge is 0.325 e. The second-order valence-corrected chi connectivity index (χ2v) is 7.21. The number of halogens is 1. The molecule has 9 nitrogen and oxygen atoms in total. The Morgan fingerprint density at radius 3 is 2.80 bits per heavy atom. The van der Waals surface area contributed by atoms with Crippen LogP contribution in [0.1, 0.15) is 24.0 Å². The van der Waals surface area contributed by atoms with Gasteiger partial charge in [0, 0.05) is 12.1 Å². The zero-order chi connectivity index (χ0) is 21.5. The Morgan fingerprint density at radius 2 is 2.03 bits per heavy atom. The van der Waals surface area contributed by atoms with Gasteiger partial charge in [-0.2, -0.15) is 0 Å². The van der Waals surface area contributed by atoms with Crippen molar-refractivity contribution in [3.05, 3.63) is 69.5 Å². The van der Waals surface area contributed by atoms with E-state index in [1.54, 1.807) is 12.1 Å². The lowest BCUT2D eigenvalue weighted by Gasteiger charge is -2.33. The number of benzene rings is 2. The number of nitro benzene ring substituents is 1. The molecule has 1 spiro atoms. The summed E-state index contributed by atoms with van der Waals surface area (Å²) in [5, 5.41) is 15.8. The SMILES string of the molecule is O=C(CN1C(=O)N[C@@]2(CCCc3ccccc32)C1=O)Nc1cc([N+](=O)[O-])ccc1F. The lowest BCUT2D eigenvalue weighted by atomic mass is 9.76. The summed E-state index contributed by atoms with van der Waals surface area (Å²) in [5.41, 5.74) is -0.355. The van der Waals surface area contributed by atoms with Gasteiger partial charge in [0.15, 0.2) is 0 Å². The predicted octanol–water partition coefficient (Wildman–Crippen LogP) is 2.46. The van der Waals surface area contributed by atoms with E-state index in [1.807, 2.05) is 12.1 Å². The van der Waals surface area contributed by atoms with Crippen molar-refractivity contribution in [2.45, 2.75) is 24.8 Å². The number of carbonyl (C=O) groups is 3. The Hall–Kier alpha value is -3.82. The third-order valence-electron chi connectivity index (χ3n) is 5.39.